The predicted molar refractivity (Wildman–Crippen MR) is 141 cm³/mol. The second-order valence-electron chi connectivity index (χ2n) is 8.95. The number of dihydropyridines is 1. The summed E-state index contributed by atoms with van der Waals surface area (Å²) in [4.78, 5) is 26.3. The fourth-order valence-corrected chi connectivity index (χ4v) is 4.46. The number of anilines is 2. The number of nitrogens with zero attached hydrogens (tertiary/aromatic N) is 1. The van der Waals surface area contributed by atoms with Gasteiger partial charge in [-0.2, -0.15) is 0 Å². The fraction of sp³-hybridized carbons (Fsp3) is 0.333. The molecule has 1 fully saturated rings. The normalized spacial score (nSPS) is 17.9. The summed E-state index contributed by atoms with van der Waals surface area (Å²) < 4.78 is 0. The number of aliphatic hydroxyl groups excluding tert-OH is 1. The van der Waals surface area contributed by atoms with E-state index in [1.807, 2.05) is 48.5 Å². The van der Waals surface area contributed by atoms with E-state index in [9.17, 15) is 9.59 Å². The summed E-state index contributed by atoms with van der Waals surface area (Å²) in [5.74, 6) is -0.463. The molecule has 0 aliphatic carbocycles. The van der Waals surface area contributed by atoms with Crippen molar-refractivity contribution in [2.45, 2.75) is 25.6 Å². The molecule has 9 heteroatoms. The zero-order valence-corrected chi connectivity index (χ0v) is 20.2. The number of nitrogens with one attached hydrogen (secondary N) is 4. The third-order valence-electron chi connectivity index (χ3n) is 6.45. The van der Waals surface area contributed by atoms with E-state index in [1.54, 1.807) is 6.20 Å². The quantitative estimate of drug-likeness (QED) is 0.297. The molecule has 2 aliphatic rings. The van der Waals surface area contributed by atoms with Crippen molar-refractivity contribution in [3.8, 4) is 0 Å². The van der Waals surface area contributed by atoms with Crippen LogP contribution in [-0.4, -0.2) is 49.3 Å². The Hall–Kier alpha value is -3.98. The van der Waals surface area contributed by atoms with Crippen LogP contribution in [0.15, 0.2) is 78.1 Å². The Morgan fingerprint density at radius 3 is 2.44 bits per heavy atom. The monoisotopic (exact) mass is 490 g/mol. The summed E-state index contributed by atoms with van der Waals surface area (Å²) in [6.45, 7) is 2.48. The van der Waals surface area contributed by atoms with Gasteiger partial charge in [0.05, 0.1) is 12.2 Å². The summed E-state index contributed by atoms with van der Waals surface area (Å²) in [6, 6.07) is 18.2. The topological polar surface area (TPSA) is 132 Å². The first-order valence-electron chi connectivity index (χ1n) is 12.3. The standard InChI is InChI=1S/C27H34N6O3/c28-26(35)23-18-31-25(16-24(23)30-17-19-4-2-1-3-5-19)32-21-6-8-22(9-7-21)33-13-10-20(11-14-33)27(36)29-12-15-34/h1-9,16,18,20,25,30-32,34H,10-15,17H2,(H2,28,35)(H,29,36). The molecule has 1 atom stereocenters. The zero-order chi connectivity index (χ0) is 25.3. The molecular formula is C27H34N6O3. The third-order valence-corrected chi connectivity index (χ3v) is 6.45. The first kappa shape index (κ1) is 25.1. The van der Waals surface area contributed by atoms with Crippen LogP contribution in [0.1, 0.15) is 18.4 Å². The SMILES string of the molecule is NC(=O)C1=CNC(Nc2ccc(N3CCC(C(=O)NCCO)CC3)cc2)C=C1NCc1ccccc1. The van der Waals surface area contributed by atoms with Crippen molar-refractivity contribution >= 4 is 23.2 Å². The lowest BCUT2D eigenvalue weighted by Crippen LogP contribution is -2.41. The molecule has 36 heavy (non-hydrogen) atoms. The molecule has 0 spiro atoms. The van der Waals surface area contributed by atoms with Gasteiger partial charge in [0.15, 0.2) is 0 Å². The maximum atomic E-state index is 12.1. The number of hydrogen-bond acceptors (Lipinski definition) is 7. The number of piperidine rings is 1. The molecule has 190 valence electrons. The van der Waals surface area contributed by atoms with Gasteiger partial charge in [-0.3, -0.25) is 9.59 Å². The van der Waals surface area contributed by atoms with Crippen LogP contribution in [0.25, 0.3) is 0 Å². The van der Waals surface area contributed by atoms with E-state index < -0.39 is 5.91 Å². The maximum absolute atomic E-state index is 12.1. The Labute approximate surface area is 211 Å². The number of amides is 2. The van der Waals surface area contributed by atoms with Crippen molar-refractivity contribution < 1.29 is 14.7 Å². The summed E-state index contributed by atoms with van der Waals surface area (Å²) in [5.41, 5.74) is 9.82. The average Bonchev–Trinajstić information content (AvgIpc) is 2.91. The van der Waals surface area contributed by atoms with Gasteiger partial charge in [0, 0.05) is 55.4 Å². The lowest BCUT2D eigenvalue weighted by molar-refractivity contribution is -0.125. The number of nitrogens with two attached hydrogens (primary N) is 1. The number of carbonyl (C=O) groups is 2. The molecule has 1 saturated heterocycles. The Morgan fingerprint density at radius 2 is 1.78 bits per heavy atom. The molecule has 2 aromatic carbocycles. The van der Waals surface area contributed by atoms with Gasteiger partial charge in [-0.25, -0.2) is 0 Å². The van der Waals surface area contributed by atoms with Crippen molar-refractivity contribution in [1.29, 1.82) is 0 Å². The average molecular weight is 491 g/mol. The number of benzene rings is 2. The van der Waals surface area contributed by atoms with E-state index in [0.717, 1.165) is 42.9 Å². The Balaban J connectivity index is 1.33. The minimum absolute atomic E-state index is 0.000877. The van der Waals surface area contributed by atoms with Crippen LogP contribution in [0.2, 0.25) is 0 Å². The smallest absolute Gasteiger partial charge is 0.252 e. The third kappa shape index (κ3) is 6.57. The molecule has 0 aromatic heterocycles. The molecule has 2 heterocycles. The summed E-state index contributed by atoms with van der Waals surface area (Å²) >= 11 is 0. The van der Waals surface area contributed by atoms with Crippen LogP contribution >= 0.6 is 0 Å². The van der Waals surface area contributed by atoms with Crippen molar-refractivity contribution in [1.82, 2.24) is 16.0 Å². The Bertz CT molecular complexity index is 1090. The van der Waals surface area contributed by atoms with Gasteiger partial charge in [0.1, 0.15) is 6.17 Å². The second kappa shape index (κ2) is 12.1. The Kier molecular flexibility index (Phi) is 8.46. The highest BCUT2D eigenvalue weighted by atomic mass is 16.3. The van der Waals surface area contributed by atoms with E-state index in [1.165, 1.54) is 0 Å². The first-order valence-corrected chi connectivity index (χ1v) is 12.3. The van der Waals surface area contributed by atoms with Crippen LogP contribution in [0, 0.1) is 5.92 Å². The molecule has 2 aliphatic heterocycles. The lowest BCUT2D eigenvalue weighted by atomic mass is 9.95. The van der Waals surface area contributed by atoms with Crippen LogP contribution in [0.3, 0.4) is 0 Å². The highest BCUT2D eigenvalue weighted by molar-refractivity contribution is 5.96. The summed E-state index contributed by atoms with van der Waals surface area (Å²) in [5, 5.41) is 21.6. The summed E-state index contributed by atoms with van der Waals surface area (Å²) in [7, 11) is 0. The molecule has 7 N–H and O–H groups in total. The van der Waals surface area contributed by atoms with Crippen molar-refractivity contribution in [3.05, 3.63) is 83.7 Å². The molecule has 9 nitrogen and oxygen atoms in total. The van der Waals surface area contributed by atoms with Crippen LogP contribution in [0.4, 0.5) is 11.4 Å². The zero-order valence-electron chi connectivity index (χ0n) is 20.2. The molecule has 0 radical (unpaired) electrons. The van der Waals surface area contributed by atoms with Crippen molar-refractivity contribution in [2.24, 2.45) is 11.7 Å². The highest BCUT2D eigenvalue weighted by Gasteiger charge is 2.25. The van der Waals surface area contributed by atoms with E-state index >= 15 is 0 Å². The van der Waals surface area contributed by atoms with Gasteiger partial charge in [-0.05, 0) is 48.7 Å². The Morgan fingerprint density at radius 1 is 1.06 bits per heavy atom. The van der Waals surface area contributed by atoms with Gasteiger partial charge in [-0.1, -0.05) is 30.3 Å². The van der Waals surface area contributed by atoms with Crippen LogP contribution in [0.5, 0.6) is 0 Å². The minimum atomic E-state index is -0.494. The molecule has 2 aromatic rings. The molecule has 0 bridgehead atoms. The number of rotatable bonds is 10. The van der Waals surface area contributed by atoms with E-state index in [4.69, 9.17) is 10.8 Å². The van der Waals surface area contributed by atoms with Gasteiger partial charge in [0.25, 0.3) is 5.91 Å². The van der Waals surface area contributed by atoms with Crippen LogP contribution < -0.4 is 31.9 Å². The lowest BCUT2D eigenvalue weighted by Gasteiger charge is -2.33. The van der Waals surface area contributed by atoms with Gasteiger partial charge >= 0.3 is 0 Å². The van der Waals surface area contributed by atoms with Gasteiger partial charge < -0.3 is 37.0 Å². The largest absolute Gasteiger partial charge is 0.395 e. The van der Waals surface area contributed by atoms with E-state index in [0.29, 0.717) is 24.4 Å². The highest BCUT2D eigenvalue weighted by Crippen LogP contribution is 2.25. The molecular weight excluding hydrogens is 456 g/mol. The molecule has 1 unspecified atom stereocenters. The summed E-state index contributed by atoms with van der Waals surface area (Å²) in [6.07, 6.45) is 4.93. The molecule has 0 saturated carbocycles. The van der Waals surface area contributed by atoms with Crippen molar-refractivity contribution in [3.63, 3.8) is 0 Å². The first-order chi connectivity index (χ1) is 17.5. The van der Waals surface area contributed by atoms with Gasteiger partial charge in [-0.15, -0.1) is 0 Å². The number of aliphatic hydroxyl groups is 1. The van der Waals surface area contributed by atoms with Crippen LogP contribution in [-0.2, 0) is 16.1 Å². The predicted octanol–water partition coefficient (Wildman–Crippen LogP) is 1.40. The fourth-order valence-electron chi connectivity index (χ4n) is 4.46. The second-order valence-corrected chi connectivity index (χ2v) is 8.95. The number of hydrogen-bond donors (Lipinski definition) is 6. The maximum Gasteiger partial charge on any atom is 0.252 e. The number of carbonyl (C=O) groups excluding carboxylic acids is 2. The molecule has 4 rings (SSSR count). The number of primary amides is 1. The van der Waals surface area contributed by atoms with E-state index in [-0.39, 0.29) is 24.6 Å². The molecule has 2 amide bonds. The van der Waals surface area contributed by atoms with Crippen molar-refractivity contribution in [2.75, 3.05) is 36.5 Å². The van der Waals surface area contributed by atoms with E-state index in [2.05, 4.69) is 38.3 Å². The minimum Gasteiger partial charge on any atom is -0.395 e. The van der Waals surface area contributed by atoms with Gasteiger partial charge in [0.2, 0.25) is 5.91 Å².